The van der Waals surface area contributed by atoms with Gasteiger partial charge in [0.1, 0.15) is 5.88 Å². The molecule has 0 spiro atoms. The van der Waals surface area contributed by atoms with Gasteiger partial charge in [0.05, 0.1) is 0 Å². The van der Waals surface area contributed by atoms with E-state index >= 15 is 0 Å². The van der Waals surface area contributed by atoms with Crippen LogP contribution in [0.4, 0.5) is 0 Å². The Morgan fingerprint density at radius 1 is 1.64 bits per heavy atom. The van der Waals surface area contributed by atoms with Gasteiger partial charge < -0.3 is 9.80 Å². The summed E-state index contributed by atoms with van der Waals surface area (Å²) < 4.78 is 0. The predicted molar refractivity (Wildman–Crippen MR) is 58.6 cm³/mol. The second kappa shape index (κ2) is 5.56. The van der Waals surface area contributed by atoms with Gasteiger partial charge in [0.15, 0.2) is 0 Å². The summed E-state index contributed by atoms with van der Waals surface area (Å²) in [6.45, 7) is 4.74. The van der Waals surface area contributed by atoms with Crippen LogP contribution in [0.2, 0.25) is 0 Å². The summed E-state index contributed by atoms with van der Waals surface area (Å²) in [5.74, 6) is 0.152. The minimum atomic E-state index is 0.0504. The minimum Gasteiger partial charge on any atom is -0.340 e. The summed E-state index contributed by atoms with van der Waals surface area (Å²) >= 11 is 5.54. The van der Waals surface area contributed by atoms with Crippen molar-refractivity contribution in [3.8, 4) is 0 Å². The van der Waals surface area contributed by atoms with Crippen LogP contribution in [0.1, 0.15) is 19.8 Å². The van der Waals surface area contributed by atoms with E-state index in [2.05, 4.69) is 11.9 Å². The molecule has 0 aromatic rings. The molecule has 1 aliphatic heterocycles. The fraction of sp³-hybridized carbons (Fsp3) is 0.900. The number of alkyl halides is 1. The molecule has 0 saturated carbocycles. The molecule has 1 amide bonds. The number of carbonyl (C=O) groups excluding carboxylic acids is 1. The number of hydrogen-bond acceptors (Lipinski definition) is 2. The standard InChI is InChI=1S/C10H19ClN2O/c1-3-13(10(14)7-11)8-9-5-4-6-12(9)2/h9H,3-8H2,1-2H3/t9-/m0/s1. The van der Waals surface area contributed by atoms with Crippen LogP contribution < -0.4 is 0 Å². The molecule has 0 aliphatic carbocycles. The second-order valence-electron chi connectivity index (χ2n) is 3.84. The topological polar surface area (TPSA) is 23.6 Å². The van der Waals surface area contributed by atoms with E-state index in [-0.39, 0.29) is 11.8 Å². The molecular formula is C10H19ClN2O. The summed E-state index contributed by atoms with van der Waals surface area (Å²) in [6, 6.07) is 0.530. The van der Waals surface area contributed by atoms with Crippen molar-refractivity contribution in [2.45, 2.75) is 25.8 Å². The first-order chi connectivity index (χ1) is 6.69. The summed E-state index contributed by atoms with van der Waals surface area (Å²) in [6.07, 6.45) is 2.44. The fourth-order valence-corrected chi connectivity index (χ4v) is 2.13. The van der Waals surface area contributed by atoms with Gasteiger partial charge in [-0.05, 0) is 33.4 Å². The Labute approximate surface area is 91.0 Å². The highest BCUT2D eigenvalue weighted by atomic mass is 35.5. The lowest BCUT2D eigenvalue weighted by Crippen LogP contribution is -2.42. The van der Waals surface area contributed by atoms with Gasteiger partial charge in [0, 0.05) is 19.1 Å². The largest absolute Gasteiger partial charge is 0.340 e. The van der Waals surface area contributed by atoms with Crippen LogP contribution in [0.25, 0.3) is 0 Å². The molecular weight excluding hydrogens is 200 g/mol. The maximum atomic E-state index is 11.4. The normalized spacial score (nSPS) is 22.6. The summed E-state index contributed by atoms with van der Waals surface area (Å²) in [4.78, 5) is 15.6. The maximum Gasteiger partial charge on any atom is 0.237 e. The van der Waals surface area contributed by atoms with Gasteiger partial charge in [-0.3, -0.25) is 4.79 Å². The predicted octanol–water partition coefficient (Wildman–Crippen LogP) is 1.17. The van der Waals surface area contributed by atoms with E-state index in [9.17, 15) is 4.79 Å². The van der Waals surface area contributed by atoms with Crippen molar-refractivity contribution in [1.29, 1.82) is 0 Å². The summed E-state index contributed by atoms with van der Waals surface area (Å²) in [5.41, 5.74) is 0. The lowest BCUT2D eigenvalue weighted by atomic mass is 10.2. The number of likely N-dealkylation sites (N-methyl/N-ethyl adjacent to an activating group) is 2. The first-order valence-corrected chi connectivity index (χ1v) is 5.76. The molecule has 0 bridgehead atoms. The highest BCUT2D eigenvalue weighted by molar-refractivity contribution is 6.27. The molecule has 82 valence electrons. The Bertz CT molecular complexity index is 199. The number of likely N-dealkylation sites (tertiary alicyclic amines) is 1. The van der Waals surface area contributed by atoms with Crippen LogP contribution in [-0.4, -0.2) is 54.3 Å². The molecule has 1 aliphatic rings. The van der Waals surface area contributed by atoms with Crippen molar-refractivity contribution < 1.29 is 4.79 Å². The van der Waals surface area contributed by atoms with E-state index in [0.29, 0.717) is 6.04 Å². The molecule has 0 aromatic carbocycles. The van der Waals surface area contributed by atoms with Gasteiger partial charge in [-0.15, -0.1) is 11.6 Å². The van der Waals surface area contributed by atoms with E-state index in [1.807, 2.05) is 11.8 Å². The van der Waals surface area contributed by atoms with Crippen molar-refractivity contribution in [2.24, 2.45) is 0 Å². The highest BCUT2D eigenvalue weighted by Gasteiger charge is 2.24. The van der Waals surface area contributed by atoms with Crippen LogP contribution in [-0.2, 0) is 4.79 Å². The van der Waals surface area contributed by atoms with Gasteiger partial charge >= 0.3 is 0 Å². The number of rotatable bonds is 4. The fourth-order valence-electron chi connectivity index (χ4n) is 1.96. The molecule has 1 rings (SSSR count). The lowest BCUT2D eigenvalue weighted by molar-refractivity contribution is -0.128. The lowest BCUT2D eigenvalue weighted by Gasteiger charge is -2.27. The van der Waals surface area contributed by atoms with E-state index in [4.69, 9.17) is 11.6 Å². The zero-order valence-electron chi connectivity index (χ0n) is 9.00. The molecule has 1 fully saturated rings. The minimum absolute atomic E-state index is 0.0504. The van der Waals surface area contributed by atoms with E-state index in [1.54, 1.807) is 0 Å². The van der Waals surface area contributed by atoms with Crippen molar-refractivity contribution in [3.05, 3.63) is 0 Å². The Balaban J connectivity index is 2.43. The van der Waals surface area contributed by atoms with E-state index in [0.717, 1.165) is 19.6 Å². The van der Waals surface area contributed by atoms with Gasteiger partial charge in [0.2, 0.25) is 5.91 Å². The average molecular weight is 219 g/mol. The third-order valence-electron chi connectivity index (χ3n) is 2.95. The van der Waals surface area contributed by atoms with Gasteiger partial charge in [-0.1, -0.05) is 0 Å². The quantitative estimate of drug-likeness (QED) is 0.662. The monoisotopic (exact) mass is 218 g/mol. The molecule has 4 heteroatoms. The Hall–Kier alpha value is -0.280. The van der Waals surface area contributed by atoms with Crippen molar-refractivity contribution in [3.63, 3.8) is 0 Å². The van der Waals surface area contributed by atoms with Crippen LogP contribution in [0.3, 0.4) is 0 Å². The Morgan fingerprint density at radius 3 is 2.79 bits per heavy atom. The average Bonchev–Trinajstić information content (AvgIpc) is 2.59. The first-order valence-electron chi connectivity index (χ1n) is 5.23. The second-order valence-corrected chi connectivity index (χ2v) is 4.11. The van der Waals surface area contributed by atoms with Crippen LogP contribution in [0, 0.1) is 0 Å². The van der Waals surface area contributed by atoms with E-state index < -0.39 is 0 Å². The molecule has 0 unspecified atom stereocenters. The van der Waals surface area contributed by atoms with Crippen molar-refractivity contribution in [1.82, 2.24) is 9.80 Å². The molecule has 1 heterocycles. The molecule has 14 heavy (non-hydrogen) atoms. The maximum absolute atomic E-state index is 11.4. The number of hydrogen-bond donors (Lipinski definition) is 0. The van der Waals surface area contributed by atoms with Crippen molar-refractivity contribution >= 4 is 17.5 Å². The smallest absolute Gasteiger partial charge is 0.237 e. The van der Waals surface area contributed by atoms with Crippen molar-refractivity contribution in [2.75, 3.05) is 32.6 Å². The number of nitrogens with zero attached hydrogens (tertiary/aromatic N) is 2. The van der Waals surface area contributed by atoms with Crippen LogP contribution >= 0.6 is 11.6 Å². The molecule has 0 radical (unpaired) electrons. The summed E-state index contributed by atoms with van der Waals surface area (Å²) in [7, 11) is 2.12. The van der Waals surface area contributed by atoms with Crippen LogP contribution in [0.15, 0.2) is 0 Å². The number of amides is 1. The Kier molecular flexibility index (Phi) is 4.69. The zero-order chi connectivity index (χ0) is 10.6. The van der Waals surface area contributed by atoms with Gasteiger partial charge in [-0.25, -0.2) is 0 Å². The van der Waals surface area contributed by atoms with Gasteiger partial charge in [0.25, 0.3) is 0 Å². The molecule has 0 aromatic heterocycles. The van der Waals surface area contributed by atoms with Crippen LogP contribution in [0.5, 0.6) is 0 Å². The first kappa shape index (κ1) is 11.8. The molecule has 1 saturated heterocycles. The third-order valence-corrected chi connectivity index (χ3v) is 3.18. The van der Waals surface area contributed by atoms with E-state index in [1.165, 1.54) is 12.8 Å². The molecule has 1 atom stereocenters. The number of halogens is 1. The zero-order valence-corrected chi connectivity index (χ0v) is 9.76. The Morgan fingerprint density at radius 2 is 2.36 bits per heavy atom. The summed E-state index contributed by atoms with van der Waals surface area (Å²) in [5, 5.41) is 0. The highest BCUT2D eigenvalue weighted by Crippen LogP contribution is 2.15. The van der Waals surface area contributed by atoms with Gasteiger partial charge in [-0.2, -0.15) is 0 Å². The SMILES string of the molecule is CCN(C[C@@H]1CCCN1C)C(=O)CCl. The number of carbonyl (C=O) groups is 1. The third kappa shape index (κ3) is 2.85. The molecule has 3 nitrogen and oxygen atoms in total. The molecule has 0 N–H and O–H groups in total.